The van der Waals surface area contributed by atoms with Crippen molar-refractivity contribution in [1.29, 1.82) is 0 Å². The Bertz CT molecular complexity index is 478. The van der Waals surface area contributed by atoms with Gasteiger partial charge in [0.1, 0.15) is 0 Å². The Balaban J connectivity index is 2.10. The van der Waals surface area contributed by atoms with Gasteiger partial charge in [-0.15, -0.1) is 11.3 Å². The Morgan fingerprint density at radius 1 is 1.22 bits per heavy atom. The van der Waals surface area contributed by atoms with E-state index >= 15 is 0 Å². The third-order valence-corrected chi connectivity index (χ3v) is 3.70. The molecule has 0 aliphatic heterocycles. The third-order valence-electron chi connectivity index (χ3n) is 2.83. The minimum atomic E-state index is 0.0207. The number of benzene rings is 1. The molecule has 0 fully saturated rings. The lowest BCUT2D eigenvalue weighted by Crippen LogP contribution is -2.27. The number of nitrogens with one attached hydrogen (secondary N) is 1. The molecule has 0 saturated heterocycles. The molecule has 0 unspecified atom stereocenters. The molecule has 1 N–H and O–H groups in total. The molecule has 1 aromatic carbocycles. The van der Waals surface area contributed by atoms with Crippen LogP contribution in [0.15, 0.2) is 47.8 Å². The Labute approximate surface area is 112 Å². The molecule has 2 nitrogen and oxygen atoms in total. The fourth-order valence-corrected chi connectivity index (χ4v) is 2.56. The van der Waals surface area contributed by atoms with E-state index in [4.69, 9.17) is 0 Å². The summed E-state index contributed by atoms with van der Waals surface area (Å²) in [6.45, 7) is 2.13. The summed E-state index contributed by atoms with van der Waals surface area (Å²) in [6, 6.07) is 14.0. The minimum absolute atomic E-state index is 0.0207. The van der Waals surface area contributed by atoms with E-state index in [1.165, 1.54) is 16.9 Å². The van der Waals surface area contributed by atoms with Crippen LogP contribution in [0.5, 0.6) is 0 Å². The van der Waals surface area contributed by atoms with Gasteiger partial charge in [0.15, 0.2) is 0 Å². The average molecular weight is 259 g/mol. The highest BCUT2D eigenvalue weighted by Gasteiger charge is 2.15. The average Bonchev–Trinajstić information content (AvgIpc) is 2.93. The van der Waals surface area contributed by atoms with E-state index in [0.29, 0.717) is 0 Å². The molecule has 0 spiro atoms. The fraction of sp³-hybridized carbons (Fsp3) is 0.267. The standard InChI is InChI=1S/C15H17NOS/c1-2-7-13(12-8-4-3-5-9-12)16-15(17)14-10-6-11-18-14/h3-6,8-11,13H,2,7H2,1H3,(H,16,17)/t13-/m0/s1. The molecule has 0 bridgehead atoms. The molecule has 94 valence electrons. The van der Waals surface area contributed by atoms with E-state index in [1.807, 2.05) is 35.7 Å². The Hall–Kier alpha value is -1.61. The summed E-state index contributed by atoms with van der Waals surface area (Å²) < 4.78 is 0. The molecule has 2 aromatic rings. The molecule has 0 aliphatic rings. The van der Waals surface area contributed by atoms with Crippen LogP contribution >= 0.6 is 11.3 Å². The number of rotatable bonds is 5. The van der Waals surface area contributed by atoms with E-state index in [-0.39, 0.29) is 11.9 Å². The van der Waals surface area contributed by atoms with Crippen LogP contribution in [0.3, 0.4) is 0 Å². The van der Waals surface area contributed by atoms with E-state index in [2.05, 4.69) is 24.4 Å². The predicted octanol–water partition coefficient (Wildman–Crippen LogP) is 4.02. The highest BCUT2D eigenvalue weighted by atomic mass is 32.1. The van der Waals surface area contributed by atoms with Crippen molar-refractivity contribution >= 4 is 17.2 Å². The Morgan fingerprint density at radius 3 is 2.61 bits per heavy atom. The normalized spacial score (nSPS) is 12.1. The summed E-state index contributed by atoms with van der Waals surface area (Å²) in [4.78, 5) is 12.8. The van der Waals surface area contributed by atoms with Crippen molar-refractivity contribution in [2.75, 3.05) is 0 Å². The zero-order valence-corrected chi connectivity index (χ0v) is 11.2. The lowest BCUT2D eigenvalue weighted by atomic mass is 10.0. The third kappa shape index (κ3) is 3.20. The molecule has 18 heavy (non-hydrogen) atoms. The topological polar surface area (TPSA) is 29.1 Å². The Kier molecular flexibility index (Phi) is 4.53. The Morgan fingerprint density at radius 2 is 2.00 bits per heavy atom. The first-order valence-corrected chi connectivity index (χ1v) is 7.08. The number of carbonyl (C=O) groups is 1. The molecule has 2 rings (SSSR count). The van der Waals surface area contributed by atoms with Gasteiger partial charge >= 0.3 is 0 Å². The number of amides is 1. The lowest BCUT2D eigenvalue weighted by Gasteiger charge is -2.18. The van der Waals surface area contributed by atoms with Gasteiger partial charge in [-0.1, -0.05) is 49.7 Å². The SMILES string of the molecule is CCC[C@H](NC(=O)c1cccs1)c1ccccc1. The summed E-state index contributed by atoms with van der Waals surface area (Å²) in [5.74, 6) is 0.0207. The quantitative estimate of drug-likeness (QED) is 0.863. The first-order chi connectivity index (χ1) is 8.81. The lowest BCUT2D eigenvalue weighted by molar-refractivity contribution is 0.0938. The van der Waals surface area contributed by atoms with Crippen molar-refractivity contribution in [3.8, 4) is 0 Å². The van der Waals surface area contributed by atoms with Crippen LogP contribution in [0, 0.1) is 0 Å². The summed E-state index contributed by atoms with van der Waals surface area (Å²) in [5, 5.41) is 5.03. The molecule has 1 heterocycles. The first-order valence-electron chi connectivity index (χ1n) is 6.20. The predicted molar refractivity (Wildman–Crippen MR) is 75.9 cm³/mol. The zero-order valence-electron chi connectivity index (χ0n) is 10.4. The largest absolute Gasteiger partial charge is 0.345 e. The molecular weight excluding hydrogens is 242 g/mol. The van der Waals surface area contributed by atoms with Crippen LogP contribution in [-0.4, -0.2) is 5.91 Å². The number of carbonyl (C=O) groups excluding carboxylic acids is 1. The molecule has 1 amide bonds. The van der Waals surface area contributed by atoms with E-state index in [9.17, 15) is 4.79 Å². The minimum Gasteiger partial charge on any atom is -0.345 e. The zero-order chi connectivity index (χ0) is 12.8. The highest BCUT2D eigenvalue weighted by Crippen LogP contribution is 2.19. The molecule has 0 saturated carbocycles. The van der Waals surface area contributed by atoms with Gasteiger partial charge in [0.2, 0.25) is 0 Å². The number of thiophene rings is 1. The van der Waals surface area contributed by atoms with Gasteiger partial charge in [0.05, 0.1) is 10.9 Å². The number of hydrogen-bond donors (Lipinski definition) is 1. The van der Waals surface area contributed by atoms with Crippen LogP contribution in [0.4, 0.5) is 0 Å². The van der Waals surface area contributed by atoms with Crippen molar-refractivity contribution in [1.82, 2.24) is 5.32 Å². The first kappa shape index (κ1) is 12.8. The second-order valence-electron chi connectivity index (χ2n) is 4.20. The molecule has 0 radical (unpaired) electrons. The van der Waals surface area contributed by atoms with Gasteiger partial charge < -0.3 is 5.32 Å². The van der Waals surface area contributed by atoms with E-state index in [0.717, 1.165) is 17.7 Å². The van der Waals surface area contributed by atoms with Gasteiger partial charge in [0.25, 0.3) is 5.91 Å². The summed E-state index contributed by atoms with van der Waals surface area (Å²) >= 11 is 1.47. The second-order valence-corrected chi connectivity index (χ2v) is 5.15. The molecule has 0 aliphatic carbocycles. The van der Waals surface area contributed by atoms with Crippen LogP contribution in [0.1, 0.15) is 41.0 Å². The smallest absolute Gasteiger partial charge is 0.261 e. The summed E-state index contributed by atoms with van der Waals surface area (Å²) in [6.07, 6.45) is 2.01. The molecule has 1 aromatic heterocycles. The van der Waals surface area contributed by atoms with Crippen molar-refractivity contribution in [2.45, 2.75) is 25.8 Å². The van der Waals surface area contributed by atoms with Gasteiger partial charge in [-0.05, 0) is 23.4 Å². The fourth-order valence-electron chi connectivity index (χ4n) is 1.93. The van der Waals surface area contributed by atoms with E-state index < -0.39 is 0 Å². The highest BCUT2D eigenvalue weighted by molar-refractivity contribution is 7.12. The molecule has 3 heteroatoms. The van der Waals surface area contributed by atoms with Crippen LogP contribution in [-0.2, 0) is 0 Å². The maximum Gasteiger partial charge on any atom is 0.261 e. The van der Waals surface area contributed by atoms with Crippen LogP contribution in [0.2, 0.25) is 0 Å². The summed E-state index contributed by atoms with van der Waals surface area (Å²) in [7, 11) is 0. The maximum absolute atomic E-state index is 12.1. The van der Waals surface area contributed by atoms with E-state index in [1.54, 1.807) is 0 Å². The van der Waals surface area contributed by atoms with Gasteiger partial charge in [-0.3, -0.25) is 4.79 Å². The number of hydrogen-bond acceptors (Lipinski definition) is 2. The van der Waals surface area contributed by atoms with Gasteiger partial charge in [-0.25, -0.2) is 0 Å². The van der Waals surface area contributed by atoms with Crippen LogP contribution < -0.4 is 5.32 Å². The van der Waals surface area contributed by atoms with Crippen molar-refractivity contribution in [3.05, 3.63) is 58.3 Å². The second kappa shape index (κ2) is 6.36. The van der Waals surface area contributed by atoms with Crippen molar-refractivity contribution in [3.63, 3.8) is 0 Å². The van der Waals surface area contributed by atoms with Crippen molar-refractivity contribution in [2.24, 2.45) is 0 Å². The molecule has 1 atom stereocenters. The summed E-state index contributed by atoms with van der Waals surface area (Å²) in [5.41, 5.74) is 1.17. The van der Waals surface area contributed by atoms with Crippen LogP contribution in [0.25, 0.3) is 0 Å². The van der Waals surface area contributed by atoms with Crippen molar-refractivity contribution < 1.29 is 4.79 Å². The van der Waals surface area contributed by atoms with Gasteiger partial charge in [-0.2, -0.15) is 0 Å². The monoisotopic (exact) mass is 259 g/mol. The maximum atomic E-state index is 12.1. The molecular formula is C15H17NOS. The van der Waals surface area contributed by atoms with Gasteiger partial charge in [0, 0.05) is 0 Å².